The van der Waals surface area contributed by atoms with Crippen molar-refractivity contribution in [3.63, 3.8) is 0 Å². The third-order valence-corrected chi connectivity index (χ3v) is 3.74. The molecule has 0 spiro atoms. The predicted molar refractivity (Wildman–Crippen MR) is 75.1 cm³/mol. The fourth-order valence-corrected chi connectivity index (χ4v) is 2.53. The van der Waals surface area contributed by atoms with Crippen LogP contribution in [0.15, 0.2) is 24.4 Å². The summed E-state index contributed by atoms with van der Waals surface area (Å²) in [5.74, 6) is -0.0467. The molecule has 2 aromatic heterocycles. The van der Waals surface area contributed by atoms with Gasteiger partial charge in [0.05, 0.1) is 0 Å². The lowest BCUT2D eigenvalue weighted by molar-refractivity contribution is -0.143. The molecule has 0 aromatic carbocycles. The van der Waals surface area contributed by atoms with E-state index in [1.807, 2.05) is 0 Å². The molecule has 1 N–H and O–H groups in total. The Morgan fingerprint density at radius 1 is 1.50 bits per heavy atom. The number of rotatable bonds is 4. The van der Waals surface area contributed by atoms with E-state index in [0.717, 1.165) is 23.5 Å². The first kappa shape index (κ1) is 14.9. The summed E-state index contributed by atoms with van der Waals surface area (Å²) in [5, 5.41) is 3.21. The van der Waals surface area contributed by atoms with Crippen LogP contribution in [0.25, 0.3) is 11.0 Å². The Labute approximate surface area is 125 Å². The number of hydrogen-bond donors (Lipinski definition) is 1. The number of fused-ring (bicyclic) bond motifs is 1. The van der Waals surface area contributed by atoms with Crippen molar-refractivity contribution in [3.05, 3.63) is 30.1 Å². The predicted octanol–water partition coefficient (Wildman–Crippen LogP) is 2.97. The Morgan fingerprint density at radius 2 is 2.23 bits per heavy atom. The van der Waals surface area contributed by atoms with Gasteiger partial charge in [0.2, 0.25) is 5.91 Å². The zero-order valence-electron chi connectivity index (χ0n) is 12.0. The topological polar surface area (TPSA) is 46.9 Å². The van der Waals surface area contributed by atoms with Gasteiger partial charge < -0.3 is 9.88 Å². The van der Waals surface area contributed by atoms with Gasteiger partial charge in [0.25, 0.3) is 0 Å². The van der Waals surface area contributed by atoms with Crippen molar-refractivity contribution in [3.8, 4) is 0 Å². The molecule has 1 aliphatic rings. The number of carbonyl (C=O) groups excluding carboxylic acids is 1. The van der Waals surface area contributed by atoms with Crippen LogP contribution in [0.1, 0.15) is 25.5 Å². The van der Waals surface area contributed by atoms with E-state index < -0.39 is 17.9 Å². The molecule has 1 saturated carbocycles. The molecule has 3 rings (SSSR count). The maximum Gasteiger partial charge on any atom is 0.431 e. The minimum Gasteiger partial charge on any atom is -0.352 e. The summed E-state index contributed by atoms with van der Waals surface area (Å²) in [5.41, 5.74) is -0.462. The molecule has 2 aromatic rings. The van der Waals surface area contributed by atoms with Gasteiger partial charge in [-0.1, -0.05) is 0 Å². The standard InChI is InChI=1S/C15H16F3N3O/c1-9(20-14(22)10-4-5-10)8-21-12(15(16,17)18)7-11-3-2-6-19-13(11)21/h2-3,6-7,9-10H,4-5,8H2,1H3,(H,20,22)/t9-/m1/s1. The lowest BCUT2D eigenvalue weighted by Gasteiger charge is -2.18. The molecular weight excluding hydrogens is 295 g/mol. The minimum atomic E-state index is -4.46. The van der Waals surface area contributed by atoms with E-state index in [-0.39, 0.29) is 24.0 Å². The van der Waals surface area contributed by atoms with Gasteiger partial charge in [0.15, 0.2) is 0 Å². The van der Waals surface area contributed by atoms with Crippen LogP contribution in [-0.2, 0) is 17.5 Å². The second-order valence-electron chi connectivity index (χ2n) is 5.74. The number of aromatic nitrogens is 2. The van der Waals surface area contributed by atoms with E-state index in [2.05, 4.69) is 10.3 Å². The first-order valence-electron chi connectivity index (χ1n) is 7.18. The van der Waals surface area contributed by atoms with Gasteiger partial charge in [-0.3, -0.25) is 4.79 Å². The number of amides is 1. The summed E-state index contributed by atoms with van der Waals surface area (Å²) >= 11 is 0. The molecule has 4 nitrogen and oxygen atoms in total. The highest BCUT2D eigenvalue weighted by Crippen LogP contribution is 2.33. The van der Waals surface area contributed by atoms with Crippen molar-refractivity contribution < 1.29 is 18.0 Å². The average Bonchev–Trinajstić information content (AvgIpc) is 3.21. The molecule has 0 radical (unpaired) electrons. The molecule has 118 valence electrons. The summed E-state index contributed by atoms with van der Waals surface area (Å²) in [6.45, 7) is 1.74. The fourth-order valence-electron chi connectivity index (χ4n) is 2.53. The average molecular weight is 311 g/mol. The van der Waals surface area contributed by atoms with E-state index in [9.17, 15) is 18.0 Å². The molecule has 0 aliphatic heterocycles. The van der Waals surface area contributed by atoms with Crippen LogP contribution < -0.4 is 5.32 Å². The van der Waals surface area contributed by atoms with Crippen LogP contribution in [0, 0.1) is 5.92 Å². The normalized spacial score (nSPS) is 16.7. The van der Waals surface area contributed by atoms with Crippen LogP contribution in [0.4, 0.5) is 13.2 Å². The van der Waals surface area contributed by atoms with E-state index in [1.54, 1.807) is 19.1 Å². The molecule has 7 heteroatoms. The van der Waals surface area contributed by atoms with E-state index in [4.69, 9.17) is 0 Å². The molecule has 1 aliphatic carbocycles. The summed E-state index contributed by atoms with van der Waals surface area (Å²) in [7, 11) is 0. The lowest BCUT2D eigenvalue weighted by atomic mass is 10.3. The number of pyridine rings is 1. The molecule has 1 fully saturated rings. The number of nitrogens with zero attached hydrogens (tertiary/aromatic N) is 2. The maximum atomic E-state index is 13.2. The third-order valence-electron chi connectivity index (χ3n) is 3.74. The molecule has 22 heavy (non-hydrogen) atoms. The van der Waals surface area contributed by atoms with Gasteiger partial charge in [-0.2, -0.15) is 13.2 Å². The van der Waals surface area contributed by atoms with Crippen molar-refractivity contribution in [2.24, 2.45) is 5.92 Å². The summed E-state index contributed by atoms with van der Waals surface area (Å²) < 4.78 is 40.7. The molecular formula is C15H16F3N3O. The Hall–Kier alpha value is -2.05. The van der Waals surface area contributed by atoms with Gasteiger partial charge >= 0.3 is 6.18 Å². The highest BCUT2D eigenvalue weighted by atomic mass is 19.4. The Morgan fingerprint density at radius 3 is 2.86 bits per heavy atom. The zero-order valence-corrected chi connectivity index (χ0v) is 12.0. The van der Waals surface area contributed by atoms with Crippen molar-refractivity contribution in [2.75, 3.05) is 0 Å². The van der Waals surface area contributed by atoms with Gasteiger partial charge in [-0.05, 0) is 38.0 Å². The molecule has 0 unspecified atom stereocenters. The van der Waals surface area contributed by atoms with Gasteiger partial charge in [-0.15, -0.1) is 0 Å². The van der Waals surface area contributed by atoms with Crippen LogP contribution >= 0.6 is 0 Å². The van der Waals surface area contributed by atoms with Crippen LogP contribution in [0.3, 0.4) is 0 Å². The van der Waals surface area contributed by atoms with E-state index in [1.165, 1.54) is 6.20 Å². The molecule has 2 heterocycles. The highest BCUT2D eigenvalue weighted by Gasteiger charge is 2.36. The van der Waals surface area contributed by atoms with Crippen molar-refractivity contribution >= 4 is 16.9 Å². The number of alkyl halides is 3. The molecule has 0 saturated heterocycles. The van der Waals surface area contributed by atoms with Gasteiger partial charge in [-0.25, -0.2) is 4.98 Å². The maximum absolute atomic E-state index is 13.2. The number of carbonyl (C=O) groups is 1. The van der Waals surface area contributed by atoms with Crippen LogP contribution in [-0.4, -0.2) is 21.5 Å². The Balaban J connectivity index is 1.89. The quantitative estimate of drug-likeness (QED) is 0.943. The van der Waals surface area contributed by atoms with Gasteiger partial charge in [0.1, 0.15) is 11.3 Å². The first-order chi connectivity index (χ1) is 10.4. The number of hydrogen-bond acceptors (Lipinski definition) is 2. The summed E-state index contributed by atoms with van der Waals surface area (Å²) in [4.78, 5) is 15.8. The number of nitrogens with one attached hydrogen (secondary N) is 1. The largest absolute Gasteiger partial charge is 0.431 e. The monoisotopic (exact) mass is 311 g/mol. The minimum absolute atomic E-state index is 0.0315. The third kappa shape index (κ3) is 2.93. The van der Waals surface area contributed by atoms with Crippen molar-refractivity contribution in [1.29, 1.82) is 0 Å². The van der Waals surface area contributed by atoms with E-state index in [0.29, 0.717) is 5.39 Å². The summed E-state index contributed by atoms with van der Waals surface area (Å²) in [6.07, 6.45) is -1.27. The van der Waals surface area contributed by atoms with Crippen molar-refractivity contribution in [1.82, 2.24) is 14.9 Å². The smallest absolute Gasteiger partial charge is 0.352 e. The second kappa shape index (κ2) is 5.30. The van der Waals surface area contributed by atoms with Crippen LogP contribution in [0.5, 0.6) is 0 Å². The second-order valence-corrected chi connectivity index (χ2v) is 5.74. The van der Waals surface area contributed by atoms with Crippen molar-refractivity contribution in [2.45, 2.75) is 38.5 Å². The lowest BCUT2D eigenvalue weighted by Crippen LogP contribution is -2.37. The Kier molecular flexibility index (Phi) is 3.58. The SMILES string of the molecule is C[C@H](Cn1c(C(F)(F)F)cc2cccnc21)NC(=O)C1CC1. The fraction of sp³-hybridized carbons (Fsp3) is 0.467. The molecule has 1 amide bonds. The number of halogens is 3. The summed E-state index contributed by atoms with van der Waals surface area (Å²) in [6, 6.07) is 3.90. The first-order valence-corrected chi connectivity index (χ1v) is 7.18. The molecule has 1 atom stereocenters. The highest BCUT2D eigenvalue weighted by molar-refractivity contribution is 5.81. The Bertz CT molecular complexity index is 704. The molecule has 0 bridgehead atoms. The van der Waals surface area contributed by atoms with Crippen LogP contribution in [0.2, 0.25) is 0 Å². The van der Waals surface area contributed by atoms with E-state index >= 15 is 0 Å². The zero-order chi connectivity index (χ0) is 15.9. The van der Waals surface area contributed by atoms with Gasteiger partial charge in [0, 0.05) is 30.1 Å².